The van der Waals surface area contributed by atoms with Gasteiger partial charge in [-0.1, -0.05) is 12.1 Å². The predicted molar refractivity (Wildman–Crippen MR) is 113 cm³/mol. The molecule has 0 aliphatic heterocycles. The monoisotopic (exact) mass is 404 g/mol. The van der Waals surface area contributed by atoms with Crippen LogP contribution in [0.5, 0.6) is 17.2 Å². The average Bonchev–Trinajstić information content (AvgIpc) is 3.22. The zero-order chi connectivity index (χ0) is 21.1. The van der Waals surface area contributed by atoms with Crippen molar-refractivity contribution in [2.45, 2.75) is 0 Å². The highest BCUT2D eigenvalue weighted by Crippen LogP contribution is 2.33. The zero-order valence-corrected chi connectivity index (χ0v) is 16.8. The molecule has 3 aromatic carbocycles. The Balaban J connectivity index is 1.68. The number of carbonyl (C=O) groups excluding carboxylic acids is 1. The standard InChI is InChI=1S/C23H20N2O5/c1-27-15-9-10-16(21(13-15)29-3)22(26)24-18-12-14(8-11-19(18)28-2)23-25-17-6-4-5-7-20(17)30-23/h4-13H,1-3H3,(H,24,26). The number of carbonyl (C=O) groups is 1. The summed E-state index contributed by atoms with van der Waals surface area (Å²) < 4.78 is 21.8. The van der Waals surface area contributed by atoms with E-state index in [-0.39, 0.29) is 5.91 Å². The number of ether oxygens (including phenoxy) is 3. The zero-order valence-electron chi connectivity index (χ0n) is 16.8. The molecule has 7 heteroatoms. The fourth-order valence-corrected chi connectivity index (χ4v) is 3.11. The van der Waals surface area contributed by atoms with Crippen molar-refractivity contribution in [1.29, 1.82) is 0 Å². The number of methoxy groups -OCH3 is 3. The number of benzene rings is 3. The summed E-state index contributed by atoms with van der Waals surface area (Å²) in [5, 5.41) is 2.88. The van der Waals surface area contributed by atoms with Crippen LogP contribution in [-0.4, -0.2) is 32.2 Å². The van der Waals surface area contributed by atoms with Crippen molar-refractivity contribution in [1.82, 2.24) is 4.98 Å². The van der Waals surface area contributed by atoms with Gasteiger partial charge in [-0.3, -0.25) is 4.79 Å². The van der Waals surface area contributed by atoms with E-state index in [4.69, 9.17) is 18.6 Å². The molecule has 0 aliphatic carbocycles. The highest BCUT2D eigenvalue weighted by molar-refractivity contribution is 6.07. The van der Waals surface area contributed by atoms with E-state index in [1.165, 1.54) is 14.2 Å². The van der Waals surface area contributed by atoms with E-state index in [0.29, 0.717) is 45.5 Å². The van der Waals surface area contributed by atoms with Gasteiger partial charge < -0.3 is 23.9 Å². The first-order chi connectivity index (χ1) is 14.6. The van der Waals surface area contributed by atoms with Crippen LogP contribution in [0.2, 0.25) is 0 Å². The molecule has 0 fully saturated rings. The van der Waals surface area contributed by atoms with E-state index in [0.717, 1.165) is 5.52 Å². The number of hydrogen-bond acceptors (Lipinski definition) is 6. The van der Waals surface area contributed by atoms with Crippen LogP contribution in [0.25, 0.3) is 22.6 Å². The summed E-state index contributed by atoms with van der Waals surface area (Å²) in [6.45, 7) is 0. The maximum Gasteiger partial charge on any atom is 0.259 e. The molecule has 4 aromatic rings. The lowest BCUT2D eigenvalue weighted by atomic mass is 10.1. The third kappa shape index (κ3) is 3.65. The summed E-state index contributed by atoms with van der Waals surface area (Å²) in [6, 6.07) is 17.9. The van der Waals surface area contributed by atoms with Gasteiger partial charge in [-0.05, 0) is 42.5 Å². The quantitative estimate of drug-likeness (QED) is 0.498. The van der Waals surface area contributed by atoms with Gasteiger partial charge in [0.1, 0.15) is 22.8 Å². The first-order valence-electron chi connectivity index (χ1n) is 9.20. The van der Waals surface area contributed by atoms with E-state index < -0.39 is 0 Å². The fourth-order valence-electron chi connectivity index (χ4n) is 3.11. The minimum Gasteiger partial charge on any atom is -0.497 e. The Morgan fingerprint density at radius 2 is 1.70 bits per heavy atom. The van der Waals surface area contributed by atoms with E-state index in [1.807, 2.05) is 30.3 Å². The van der Waals surface area contributed by atoms with Gasteiger partial charge >= 0.3 is 0 Å². The van der Waals surface area contributed by atoms with Crippen LogP contribution in [-0.2, 0) is 0 Å². The van der Waals surface area contributed by atoms with Crippen LogP contribution in [0.4, 0.5) is 5.69 Å². The number of aromatic nitrogens is 1. The lowest BCUT2D eigenvalue weighted by Crippen LogP contribution is -2.14. The van der Waals surface area contributed by atoms with Gasteiger partial charge in [0, 0.05) is 11.6 Å². The Morgan fingerprint density at radius 3 is 2.43 bits per heavy atom. The second-order valence-electron chi connectivity index (χ2n) is 6.42. The Morgan fingerprint density at radius 1 is 0.900 bits per heavy atom. The summed E-state index contributed by atoms with van der Waals surface area (Å²) in [6.07, 6.45) is 0. The average molecular weight is 404 g/mol. The molecule has 1 aromatic heterocycles. The molecule has 0 saturated carbocycles. The van der Waals surface area contributed by atoms with Crippen molar-refractivity contribution in [3.05, 3.63) is 66.2 Å². The first-order valence-corrected chi connectivity index (χ1v) is 9.20. The van der Waals surface area contributed by atoms with Crippen LogP contribution >= 0.6 is 0 Å². The van der Waals surface area contributed by atoms with Crippen LogP contribution in [0.3, 0.4) is 0 Å². The van der Waals surface area contributed by atoms with E-state index in [1.54, 1.807) is 37.4 Å². The molecular formula is C23H20N2O5. The molecule has 152 valence electrons. The maximum absolute atomic E-state index is 12.9. The van der Waals surface area contributed by atoms with Crippen LogP contribution in [0.15, 0.2) is 65.1 Å². The molecule has 0 unspecified atom stereocenters. The number of fused-ring (bicyclic) bond motifs is 1. The van der Waals surface area contributed by atoms with Crippen LogP contribution in [0.1, 0.15) is 10.4 Å². The second-order valence-corrected chi connectivity index (χ2v) is 6.42. The van der Waals surface area contributed by atoms with Crippen molar-refractivity contribution < 1.29 is 23.4 Å². The first kappa shape index (κ1) is 19.3. The molecule has 0 aliphatic rings. The SMILES string of the molecule is COc1ccc(C(=O)Nc2cc(-c3nc4ccccc4o3)ccc2OC)c(OC)c1. The van der Waals surface area contributed by atoms with Gasteiger partial charge in [0.2, 0.25) is 5.89 Å². The molecule has 0 atom stereocenters. The molecule has 4 rings (SSSR count). The number of hydrogen-bond donors (Lipinski definition) is 1. The summed E-state index contributed by atoms with van der Waals surface area (Å²) in [5.41, 5.74) is 3.02. The molecule has 0 bridgehead atoms. The Hall–Kier alpha value is -4.00. The molecule has 0 radical (unpaired) electrons. The van der Waals surface area contributed by atoms with Crippen molar-refractivity contribution in [3.8, 4) is 28.7 Å². The Bertz CT molecular complexity index is 1180. The summed E-state index contributed by atoms with van der Waals surface area (Å²) in [5.74, 6) is 1.62. The van der Waals surface area contributed by atoms with Crippen molar-refractivity contribution in [3.63, 3.8) is 0 Å². The number of para-hydroxylation sites is 2. The van der Waals surface area contributed by atoms with E-state index in [9.17, 15) is 4.79 Å². The van der Waals surface area contributed by atoms with E-state index >= 15 is 0 Å². The maximum atomic E-state index is 12.9. The van der Waals surface area contributed by atoms with Crippen molar-refractivity contribution >= 4 is 22.7 Å². The topological polar surface area (TPSA) is 82.8 Å². The van der Waals surface area contributed by atoms with Crippen LogP contribution in [0, 0.1) is 0 Å². The number of nitrogens with zero attached hydrogens (tertiary/aromatic N) is 1. The van der Waals surface area contributed by atoms with Gasteiger partial charge in [0.25, 0.3) is 5.91 Å². The number of anilines is 1. The lowest BCUT2D eigenvalue weighted by Gasteiger charge is -2.13. The van der Waals surface area contributed by atoms with Gasteiger partial charge in [0.05, 0.1) is 32.6 Å². The molecule has 1 N–H and O–H groups in total. The lowest BCUT2D eigenvalue weighted by molar-refractivity contribution is 0.102. The van der Waals surface area contributed by atoms with Crippen LogP contribution < -0.4 is 19.5 Å². The molecule has 1 heterocycles. The molecule has 1 amide bonds. The number of nitrogens with one attached hydrogen (secondary N) is 1. The van der Waals surface area contributed by atoms with Crippen molar-refractivity contribution in [2.75, 3.05) is 26.6 Å². The second kappa shape index (κ2) is 8.16. The normalized spacial score (nSPS) is 10.6. The smallest absolute Gasteiger partial charge is 0.259 e. The highest BCUT2D eigenvalue weighted by atomic mass is 16.5. The number of amides is 1. The Labute approximate surface area is 173 Å². The molecule has 7 nitrogen and oxygen atoms in total. The van der Waals surface area contributed by atoms with E-state index in [2.05, 4.69) is 10.3 Å². The van der Waals surface area contributed by atoms with Crippen molar-refractivity contribution in [2.24, 2.45) is 0 Å². The van der Waals surface area contributed by atoms with Gasteiger partial charge in [-0.25, -0.2) is 4.98 Å². The third-order valence-electron chi connectivity index (χ3n) is 4.64. The summed E-state index contributed by atoms with van der Waals surface area (Å²) >= 11 is 0. The highest BCUT2D eigenvalue weighted by Gasteiger charge is 2.17. The number of rotatable bonds is 6. The minimum absolute atomic E-state index is 0.345. The summed E-state index contributed by atoms with van der Waals surface area (Å²) in [4.78, 5) is 17.4. The van der Waals surface area contributed by atoms with Gasteiger partial charge in [0.15, 0.2) is 5.58 Å². The molecule has 0 spiro atoms. The number of oxazole rings is 1. The largest absolute Gasteiger partial charge is 0.497 e. The predicted octanol–water partition coefficient (Wildman–Crippen LogP) is 4.77. The third-order valence-corrected chi connectivity index (χ3v) is 4.64. The fraction of sp³-hybridized carbons (Fsp3) is 0.130. The molecule has 30 heavy (non-hydrogen) atoms. The molecular weight excluding hydrogens is 384 g/mol. The van der Waals surface area contributed by atoms with Gasteiger partial charge in [-0.15, -0.1) is 0 Å². The minimum atomic E-state index is -0.345. The molecule has 0 saturated heterocycles. The Kier molecular flexibility index (Phi) is 5.26. The van der Waals surface area contributed by atoms with Gasteiger partial charge in [-0.2, -0.15) is 0 Å². The summed E-state index contributed by atoms with van der Waals surface area (Å²) in [7, 11) is 4.59.